The summed E-state index contributed by atoms with van der Waals surface area (Å²) >= 11 is 0. The Bertz CT molecular complexity index is 540. The quantitative estimate of drug-likeness (QED) is 0.538. The van der Waals surface area contributed by atoms with E-state index >= 15 is 0 Å². The molecule has 1 aliphatic rings. The smallest absolute Gasteiger partial charge is 0.191 e. The van der Waals surface area contributed by atoms with Crippen molar-refractivity contribution in [1.82, 2.24) is 15.5 Å². The zero-order valence-corrected chi connectivity index (χ0v) is 15.6. The Labute approximate surface area is 146 Å². The third kappa shape index (κ3) is 5.71. The lowest BCUT2D eigenvalue weighted by molar-refractivity contribution is 0.282. The number of rotatable bonds is 9. The van der Waals surface area contributed by atoms with Crippen LogP contribution in [0, 0.1) is 6.92 Å². The second-order valence-corrected chi connectivity index (χ2v) is 6.35. The van der Waals surface area contributed by atoms with Gasteiger partial charge in [-0.3, -0.25) is 9.89 Å². The fourth-order valence-corrected chi connectivity index (χ4v) is 3.00. The Morgan fingerprint density at radius 2 is 2.04 bits per heavy atom. The van der Waals surface area contributed by atoms with Gasteiger partial charge >= 0.3 is 0 Å². The minimum atomic E-state index is 0.820. The van der Waals surface area contributed by atoms with Crippen LogP contribution in [-0.4, -0.2) is 57.2 Å². The highest BCUT2D eigenvalue weighted by atomic mass is 16.5. The molecule has 24 heavy (non-hydrogen) atoms. The lowest BCUT2D eigenvalue weighted by Crippen LogP contribution is -2.42. The van der Waals surface area contributed by atoms with Crippen LogP contribution in [0.25, 0.3) is 0 Å². The van der Waals surface area contributed by atoms with Crippen molar-refractivity contribution in [3.05, 3.63) is 29.3 Å². The molecular weight excluding hydrogens is 300 g/mol. The van der Waals surface area contributed by atoms with Gasteiger partial charge in [-0.2, -0.15) is 0 Å². The van der Waals surface area contributed by atoms with Crippen LogP contribution in [0.5, 0.6) is 5.75 Å². The molecule has 0 radical (unpaired) electrons. The van der Waals surface area contributed by atoms with Gasteiger partial charge < -0.3 is 15.4 Å². The second-order valence-electron chi connectivity index (χ2n) is 6.35. The van der Waals surface area contributed by atoms with Crippen molar-refractivity contribution in [2.45, 2.75) is 39.2 Å². The number of aliphatic imine (C=N–C) groups is 1. The van der Waals surface area contributed by atoms with E-state index in [2.05, 4.69) is 46.5 Å². The minimum Gasteiger partial charge on any atom is -0.496 e. The molecule has 2 rings (SSSR count). The Morgan fingerprint density at radius 1 is 1.29 bits per heavy atom. The van der Waals surface area contributed by atoms with Crippen LogP contribution in [0.1, 0.15) is 30.9 Å². The third-order valence-electron chi connectivity index (χ3n) is 4.51. The molecule has 0 saturated heterocycles. The molecule has 5 heteroatoms. The third-order valence-corrected chi connectivity index (χ3v) is 4.51. The zero-order valence-electron chi connectivity index (χ0n) is 15.6. The number of hydrogen-bond donors (Lipinski definition) is 2. The zero-order chi connectivity index (χ0) is 17.4. The van der Waals surface area contributed by atoms with Gasteiger partial charge in [-0.25, -0.2) is 0 Å². The number of methoxy groups -OCH3 is 1. The summed E-state index contributed by atoms with van der Waals surface area (Å²) in [5, 5.41) is 6.80. The summed E-state index contributed by atoms with van der Waals surface area (Å²) in [6.07, 6.45) is 3.63. The van der Waals surface area contributed by atoms with Crippen molar-refractivity contribution in [3.63, 3.8) is 0 Å². The maximum absolute atomic E-state index is 5.44. The molecule has 0 heterocycles. The Kier molecular flexibility index (Phi) is 7.37. The highest BCUT2D eigenvalue weighted by Gasteiger charge is 2.27. The number of likely N-dealkylation sites (N-methyl/N-ethyl adjacent to an activating group) is 1. The summed E-state index contributed by atoms with van der Waals surface area (Å²) in [5.41, 5.74) is 2.49. The predicted octanol–water partition coefficient (Wildman–Crippen LogP) is 2.20. The molecule has 0 aliphatic heterocycles. The van der Waals surface area contributed by atoms with Crippen LogP contribution < -0.4 is 15.4 Å². The van der Waals surface area contributed by atoms with Crippen LogP contribution >= 0.6 is 0 Å². The largest absolute Gasteiger partial charge is 0.496 e. The van der Waals surface area contributed by atoms with Gasteiger partial charge in [-0.15, -0.1) is 0 Å². The summed E-state index contributed by atoms with van der Waals surface area (Å²) < 4.78 is 5.44. The van der Waals surface area contributed by atoms with E-state index in [9.17, 15) is 0 Å². The molecule has 0 bridgehead atoms. The molecule has 0 unspecified atom stereocenters. The van der Waals surface area contributed by atoms with E-state index in [1.54, 1.807) is 7.11 Å². The number of aryl methyl sites for hydroxylation is 1. The first-order valence-electron chi connectivity index (χ1n) is 9.00. The first-order chi connectivity index (χ1) is 11.7. The number of benzene rings is 1. The number of guanidine groups is 1. The van der Waals surface area contributed by atoms with E-state index in [1.165, 1.54) is 24.0 Å². The topological polar surface area (TPSA) is 48.9 Å². The van der Waals surface area contributed by atoms with Gasteiger partial charge in [0.15, 0.2) is 5.96 Å². The van der Waals surface area contributed by atoms with Gasteiger partial charge in [-0.05, 0) is 44.4 Å². The molecule has 1 aromatic carbocycles. The summed E-state index contributed by atoms with van der Waals surface area (Å²) in [5.74, 6) is 1.82. The van der Waals surface area contributed by atoms with Crippen LogP contribution in [0.15, 0.2) is 23.2 Å². The molecule has 0 aromatic heterocycles. The number of ether oxygens (including phenoxy) is 1. The molecule has 5 nitrogen and oxygen atoms in total. The summed E-state index contributed by atoms with van der Waals surface area (Å²) in [6, 6.07) is 7.12. The molecule has 1 saturated carbocycles. The molecule has 0 atom stereocenters. The van der Waals surface area contributed by atoms with Crippen LogP contribution in [0.2, 0.25) is 0 Å². The van der Waals surface area contributed by atoms with E-state index in [1.807, 2.05) is 13.1 Å². The molecule has 1 aromatic rings. The SMILES string of the molecule is CCN(CCNC(=NC)NCCc1cc(C)ccc1OC)C1CC1. The Balaban J connectivity index is 1.72. The summed E-state index contributed by atoms with van der Waals surface area (Å²) in [4.78, 5) is 6.85. The van der Waals surface area contributed by atoms with E-state index in [0.29, 0.717) is 0 Å². The van der Waals surface area contributed by atoms with Gasteiger partial charge in [-0.1, -0.05) is 24.6 Å². The highest BCUT2D eigenvalue weighted by Crippen LogP contribution is 2.25. The Morgan fingerprint density at radius 3 is 2.67 bits per heavy atom. The predicted molar refractivity (Wildman–Crippen MR) is 101 cm³/mol. The summed E-state index contributed by atoms with van der Waals surface area (Å²) in [7, 11) is 3.54. The van der Waals surface area contributed by atoms with Crippen molar-refractivity contribution >= 4 is 5.96 Å². The van der Waals surface area contributed by atoms with Gasteiger partial charge in [0.2, 0.25) is 0 Å². The summed E-state index contributed by atoms with van der Waals surface area (Å²) in [6.45, 7) is 8.31. The molecule has 0 spiro atoms. The van der Waals surface area contributed by atoms with Gasteiger partial charge in [0, 0.05) is 32.7 Å². The van der Waals surface area contributed by atoms with Crippen LogP contribution in [0.3, 0.4) is 0 Å². The fourth-order valence-electron chi connectivity index (χ4n) is 3.00. The Hall–Kier alpha value is -1.75. The van der Waals surface area contributed by atoms with Gasteiger partial charge in [0.05, 0.1) is 7.11 Å². The lowest BCUT2D eigenvalue weighted by Gasteiger charge is -2.20. The second kappa shape index (κ2) is 9.52. The lowest BCUT2D eigenvalue weighted by atomic mass is 10.1. The first kappa shape index (κ1) is 18.6. The van der Waals surface area contributed by atoms with Crippen molar-refractivity contribution in [1.29, 1.82) is 0 Å². The molecule has 1 aliphatic carbocycles. The van der Waals surface area contributed by atoms with E-state index in [4.69, 9.17) is 4.74 Å². The van der Waals surface area contributed by atoms with Crippen molar-refractivity contribution in [3.8, 4) is 5.75 Å². The first-order valence-corrected chi connectivity index (χ1v) is 9.00. The molecular formula is C19H32N4O. The fraction of sp³-hybridized carbons (Fsp3) is 0.632. The minimum absolute atomic E-state index is 0.820. The van der Waals surface area contributed by atoms with Crippen LogP contribution in [0.4, 0.5) is 0 Å². The van der Waals surface area contributed by atoms with E-state index < -0.39 is 0 Å². The molecule has 0 amide bonds. The van der Waals surface area contributed by atoms with Crippen LogP contribution in [-0.2, 0) is 6.42 Å². The van der Waals surface area contributed by atoms with Crippen molar-refractivity contribution in [2.24, 2.45) is 4.99 Å². The maximum Gasteiger partial charge on any atom is 0.191 e. The molecule has 1 fully saturated rings. The highest BCUT2D eigenvalue weighted by molar-refractivity contribution is 5.79. The molecule has 134 valence electrons. The monoisotopic (exact) mass is 332 g/mol. The average molecular weight is 332 g/mol. The molecule has 2 N–H and O–H groups in total. The number of nitrogens with zero attached hydrogens (tertiary/aromatic N) is 2. The maximum atomic E-state index is 5.44. The van der Waals surface area contributed by atoms with Gasteiger partial charge in [0.25, 0.3) is 0 Å². The van der Waals surface area contributed by atoms with E-state index in [0.717, 1.165) is 50.4 Å². The number of nitrogens with one attached hydrogen (secondary N) is 2. The number of hydrogen-bond acceptors (Lipinski definition) is 3. The standard InChI is InChI=1S/C19H32N4O/c1-5-23(17-7-8-17)13-12-22-19(20-3)21-11-10-16-14-15(2)6-9-18(16)24-4/h6,9,14,17H,5,7-8,10-13H2,1-4H3,(H2,20,21,22). The van der Waals surface area contributed by atoms with Crippen molar-refractivity contribution < 1.29 is 4.74 Å². The van der Waals surface area contributed by atoms with Gasteiger partial charge in [0.1, 0.15) is 5.75 Å². The van der Waals surface area contributed by atoms with Crippen molar-refractivity contribution in [2.75, 3.05) is 40.3 Å². The normalized spacial score (nSPS) is 14.8. The van der Waals surface area contributed by atoms with E-state index in [-0.39, 0.29) is 0 Å². The average Bonchev–Trinajstić information content (AvgIpc) is 3.42.